The number of sulfone groups is 1. The lowest BCUT2D eigenvalue weighted by Crippen LogP contribution is -2.36. The van der Waals surface area contributed by atoms with Crippen LogP contribution in [0.15, 0.2) is 6.33 Å². The summed E-state index contributed by atoms with van der Waals surface area (Å²) in [4.78, 5) is 18.1. The molecule has 1 saturated heterocycles. The van der Waals surface area contributed by atoms with Crippen LogP contribution in [0, 0.1) is 13.8 Å². The van der Waals surface area contributed by atoms with E-state index in [1.54, 1.807) is 6.33 Å². The van der Waals surface area contributed by atoms with E-state index >= 15 is 0 Å². The van der Waals surface area contributed by atoms with Crippen molar-refractivity contribution in [2.45, 2.75) is 39.3 Å². The Bertz CT molecular complexity index is 654. The van der Waals surface area contributed by atoms with Crippen molar-refractivity contribution < 1.29 is 13.2 Å². The number of hydrogen-bond acceptors (Lipinski definition) is 5. The second kappa shape index (κ2) is 7.44. The Labute approximate surface area is 138 Å². The summed E-state index contributed by atoms with van der Waals surface area (Å²) >= 11 is 0. The summed E-state index contributed by atoms with van der Waals surface area (Å²) in [6, 6.07) is 0.0457. The molecule has 0 unspecified atom stereocenters. The number of nitrogens with zero attached hydrogens (tertiary/aromatic N) is 3. The molecular weight excluding hydrogens is 316 g/mol. The van der Waals surface area contributed by atoms with Gasteiger partial charge in [-0.15, -0.1) is 0 Å². The van der Waals surface area contributed by atoms with E-state index in [9.17, 15) is 13.2 Å². The van der Waals surface area contributed by atoms with E-state index in [1.165, 1.54) is 0 Å². The molecule has 1 fully saturated rings. The third-order valence-electron chi connectivity index (χ3n) is 4.54. The van der Waals surface area contributed by atoms with Crippen molar-refractivity contribution in [2.75, 3.05) is 31.6 Å². The highest BCUT2D eigenvalue weighted by Gasteiger charge is 2.30. The molecule has 1 amide bonds. The standard InChI is InChI=1S/C15H26N4O3S/c1-12-13(2)19(11-17-12)8-6-16-15(20)4-7-18(3)14-5-9-23(21,22)10-14/h11,14H,4-10H2,1-3H3,(H,16,20)/t14-/m0/s1. The van der Waals surface area contributed by atoms with Crippen molar-refractivity contribution in [1.29, 1.82) is 0 Å². The molecule has 23 heavy (non-hydrogen) atoms. The predicted molar refractivity (Wildman–Crippen MR) is 89.0 cm³/mol. The minimum atomic E-state index is -2.88. The molecule has 0 bridgehead atoms. The van der Waals surface area contributed by atoms with Crippen LogP contribution in [0.25, 0.3) is 0 Å². The molecule has 1 aromatic rings. The van der Waals surface area contributed by atoms with Gasteiger partial charge in [0.15, 0.2) is 9.84 Å². The molecule has 8 heteroatoms. The maximum atomic E-state index is 11.9. The number of aromatic nitrogens is 2. The van der Waals surface area contributed by atoms with E-state index < -0.39 is 9.84 Å². The van der Waals surface area contributed by atoms with Crippen LogP contribution in [0.5, 0.6) is 0 Å². The molecule has 0 aromatic carbocycles. The lowest BCUT2D eigenvalue weighted by atomic mass is 10.2. The van der Waals surface area contributed by atoms with Crippen LogP contribution < -0.4 is 5.32 Å². The molecule has 1 aliphatic heterocycles. The topological polar surface area (TPSA) is 84.3 Å². The van der Waals surface area contributed by atoms with Gasteiger partial charge in [0.05, 0.1) is 23.5 Å². The Kier molecular flexibility index (Phi) is 5.80. The third kappa shape index (κ3) is 5.04. The number of aryl methyl sites for hydroxylation is 1. The Morgan fingerprint density at radius 3 is 2.78 bits per heavy atom. The number of amides is 1. The summed E-state index contributed by atoms with van der Waals surface area (Å²) < 4.78 is 25.0. The van der Waals surface area contributed by atoms with Crippen LogP contribution in [-0.2, 0) is 21.2 Å². The van der Waals surface area contributed by atoms with Crippen LogP contribution in [0.1, 0.15) is 24.2 Å². The van der Waals surface area contributed by atoms with Gasteiger partial charge in [0, 0.05) is 37.8 Å². The second-order valence-corrected chi connectivity index (χ2v) is 8.47. The first-order valence-corrected chi connectivity index (χ1v) is 9.76. The van der Waals surface area contributed by atoms with Crippen LogP contribution in [0.2, 0.25) is 0 Å². The molecule has 0 aliphatic carbocycles. The average Bonchev–Trinajstić information content (AvgIpc) is 3.01. The van der Waals surface area contributed by atoms with E-state index in [0.29, 0.717) is 32.5 Å². The zero-order valence-corrected chi connectivity index (χ0v) is 14.9. The lowest BCUT2D eigenvalue weighted by Gasteiger charge is -2.22. The SMILES string of the molecule is Cc1ncn(CCNC(=O)CCN(C)[C@H]2CCS(=O)(=O)C2)c1C. The van der Waals surface area contributed by atoms with Crippen molar-refractivity contribution in [1.82, 2.24) is 19.8 Å². The minimum Gasteiger partial charge on any atom is -0.354 e. The molecule has 130 valence electrons. The van der Waals surface area contributed by atoms with Crippen molar-refractivity contribution in [3.63, 3.8) is 0 Å². The van der Waals surface area contributed by atoms with Gasteiger partial charge in [0.2, 0.25) is 5.91 Å². The Hall–Kier alpha value is -1.41. The smallest absolute Gasteiger partial charge is 0.221 e. The summed E-state index contributed by atoms with van der Waals surface area (Å²) in [6.45, 7) is 5.82. The summed E-state index contributed by atoms with van der Waals surface area (Å²) in [7, 11) is -0.992. The molecule has 0 saturated carbocycles. The predicted octanol–water partition coefficient (Wildman–Crippen LogP) is 0.125. The number of carbonyl (C=O) groups excluding carboxylic acids is 1. The molecule has 2 heterocycles. The first kappa shape index (κ1) is 17.9. The number of rotatable bonds is 7. The molecule has 2 rings (SSSR count). The molecular formula is C15H26N4O3S. The normalized spacial score (nSPS) is 20.1. The van der Waals surface area contributed by atoms with Crippen LogP contribution in [-0.4, -0.2) is 66.5 Å². The number of hydrogen-bond donors (Lipinski definition) is 1. The third-order valence-corrected chi connectivity index (χ3v) is 6.29. The van der Waals surface area contributed by atoms with Crippen molar-refractivity contribution >= 4 is 15.7 Å². The summed E-state index contributed by atoms with van der Waals surface area (Å²) in [5.74, 6) is 0.467. The van der Waals surface area contributed by atoms with E-state index in [4.69, 9.17) is 0 Å². The molecule has 1 aromatic heterocycles. The van der Waals surface area contributed by atoms with Crippen LogP contribution in [0.4, 0.5) is 0 Å². The molecule has 0 radical (unpaired) electrons. The van der Waals surface area contributed by atoms with Crippen LogP contribution in [0.3, 0.4) is 0 Å². The summed E-state index contributed by atoms with van der Waals surface area (Å²) in [5, 5.41) is 2.90. The highest BCUT2D eigenvalue weighted by Crippen LogP contribution is 2.16. The van der Waals surface area contributed by atoms with Gasteiger partial charge in [-0.3, -0.25) is 4.79 Å². The molecule has 1 atom stereocenters. The molecule has 1 N–H and O–H groups in total. The fourth-order valence-electron chi connectivity index (χ4n) is 2.76. The van der Waals surface area contributed by atoms with Crippen molar-refractivity contribution in [2.24, 2.45) is 0 Å². The fraction of sp³-hybridized carbons (Fsp3) is 0.733. The van der Waals surface area contributed by atoms with Crippen molar-refractivity contribution in [3.8, 4) is 0 Å². The average molecular weight is 342 g/mol. The Morgan fingerprint density at radius 1 is 1.48 bits per heavy atom. The van der Waals surface area contributed by atoms with E-state index in [1.807, 2.05) is 30.4 Å². The number of carbonyl (C=O) groups is 1. The van der Waals surface area contributed by atoms with Gasteiger partial charge in [0.25, 0.3) is 0 Å². The summed E-state index contributed by atoms with van der Waals surface area (Å²) in [6.07, 6.45) is 2.83. The number of imidazole rings is 1. The van der Waals surface area contributed by atoms with Gasteiger partial charge in [-0.2, -0.15) is 0 Å². The lowest BCUT2D eigenvalue weighted by molar-refractivity contribution is -0.121. The van der Waals surface area contributed by atoms with Gasteiger partial charge < -0.3 is 14.8 Å². The van der Waals surface area contributed by atoms with E-state index in [2.05, 4.69) is 10.3 Å². The molecule has 7 nitrogen and oxygen atoms in total. The van der Waals surface area contributed by atoms with Crippen LogP contribution >= 0.6 is 0 Å². The van der Waals surface area contributed by atoms with Gasteiger partial charge in [-0.05, 0) is 27.3 Å². The quantitative estimate of drug-likeness (QED) is 0.761. The van der Waals surface area contributed by atoms with Gasteiger partial charge in [-0.25, -0.2) is 13.4 Å². The van der Waals surface area contributed by atoms with Gasteiger partial charge in [-0.1, -0.05) is 0 Å². The van der Waals surface area contributed by atoms with E-state index in [0.717, 1.165) is 11.4 Å². The first-order chi connectivity index (χ1) is 10.8. The molecule has 0 spiro atoms. The van der Waals surface area contributed by atoms with E-state index in [-0.39, 0.29) is 23.5 Å². The largest absolute Gasteiger partial charge is 0.354 e. The Balaban J connectivity index is 1.66. The maximum absolute atomic E-state index is 11.9. The highest BCUT2D eigenvalue weighted by atomic mass is 32.2. The maximum Gasteiger partial charge on any atom is 0.221 e. The second-order valence-electron chi connectivity index (χ2n) is 6.25. The van der Waals surface area contributed by atoms with Gasteiger partial charge >= 0.3 is 0 Å². The zero-order chi connectivity index (χ0) is 17.0. The minimum absolute atomic E-state index is 0.00723. The van der Waals surface area contributed by atoms with Crippen molar-refractivity contribution in [3.05, 3.63) is 17.7 Å². The summed E-state index contributed by atoms with van der Waals surface area (Å²) in [5.41, 5.74) is 2.12. The first-order valence-electron chi connectivity index (χ1n) is 7.94. The monoisotopic (exact) mass is 342 g/mol. The Morgan fingerprint density at radius 2 is 2.22 bits per heavy atom. The number of nitrogens with one attached hydrogen (secondary N) is 1. The fourth-order valence-corrected chi connectivity index (χ4v) is 4.56. The highest BCUT2D eigenvalue weighted by molar-refractivity contribution is 7.91. The van der Waals surface area contributed by atoms with Gasteiger partial charge in [0.1, 0.15) is 0 Å². The molecule has 1 aliphatic rings. The zero-order valence-electron chi connectivity index (χ0n) is 14.1.